The Kier molecular flexibility index (Phi) is 5.30. The molecule has 106 valence electrons. The van der Waals surface area contributed by atoms with Crippen LogP contribution in [-0.2, 0) is 4.79 Å². The second-order valence-corrected chi connectivity index (χ2v) is 4.65. The summed E-state index contributed by atoms with van der Waals surface area (Å²) in [6.45, 7) is 6.15. The first-order chi connectivity index (χ1) is 8.96. The molecule has 0 aliphatic rings. The standard InChI is InChI=1S/C14H21FN2O2/c1-4-14(3,9-16)13(18)17-11-7-6-10(15)8-12(11)19-5-2/h6-8H,4-5,9,16H2,1-3H3,(H,17,18). The first-order valence-electron chi connectivity index (χ1n) is 6.40. The Balaban J connectivity index is 2.96. The number of hydrogen-bond donors (Lipinski definition) is 2. The number of benzene rings is 1. The molecule has 1 aromatic rings. The molecule has 0 aromatic heterocycles. The van der Waals surface area contributed by atoms with Crippen LogP contribution in [0.4, 0.5) is 10.1 Å². The smallest absolute Gasteiger partial charge is 0.231 e. The number of halogens is 1. The first-order valence-corrected chi connectivity index (χ1v) is 6.40. The van der Waals surface area contributed by atoms with Gasteiger partial charge in [0.2, 0.25) is 5.91 Å². The number of hydrogen-bond acceptors (Lipinski definition) is 3. The molecule has 0 bridgehead atoms. The van der Waals surface area contributed by atoms with Gasteiger partial charge in [-0.15, -0.1) is 0 Å². The second-order valence-electron chi connectivity index (χ2n) is 4.65. The third kappa shape index (κ3) is 3.67. The van der Waals surface area contributed by atoms with Gasteiger partial charge in [0.1, 0.15) is 11.6 Å². The van der Waals surface area contributed by atoms with Gasteiger partial charge in [-0.1, -0.05) is 6.92 Å². The summed E-state index contributed by atoms with van der Waals surface area (Å²) in [5.74, 6) is -0.269. The van der Waals surface area contributed by atoms with Crippen LogP contribution in [0.3, 0.4) is 0 Å². The molecule has 0 spiro atoms. The minimum atomic E-state index is -0.641. The molecule has 0 aliphatic heterocycles. The number of nitrogens with two attached hydrogens (primary N) is 1. The van der Waals surface area contributed by atoms with Crippen molar-refractivity contribution in [2.24, 2.45) is 11.1 Å². The summed E-state index contributed by atoms with van der Waals surface area (Å²) < 4.78 is 18.5. The fourth-order valence-electron chi connectivity index (χ4n) is 1.55. The van der Waals surface area contributed by atoms with Gasteiger partial charge in [0, 0.05) is 12.6 Å². The average molecular weight is 268 g/mol. The van der Waals surface area contributed by atoms with Crippen molar-refractivity contribution in [3.63, 3.8) is 0 Å². The zero-order chi connectivity index (χ0) is 14.5. The van der Waals surface area contributed by atoms with Crippen molar-refractivity contribution in [2.45, 2.75) is 27.2 Å². The third-order valence-electron chi connectivity index (χ3n) is 3.27. The van der Waals surface area contributed by atoms with Crippen molar-refractivity contribution in [1.82, 2.24) is 0 Å². The van der Waals surface area contributed by atoms with E-state index in [2.05, 4.69) is 5.32 Å². The molecule has 0 saturated carbocycles. The molecule has 19 heavy (non-hydrogen) atoms. The summed E-state index contributed by atoms with van der Waals surface area (Å²) in [7, 11) is 0. The summed E-state index contributed by atoms with van der Waals surface area (Å²) in [6, 6.07) is 4.03. The number of amides is 1. The average Bonchev–Trinajstić information content (AvgIpc) is 2.41. The molecule has 1 atom stereocenters. The molecule has 1 unspecified atom stereocenters. The van der Waals surface area contributed by atoms with Crippen LogP contribution in [0.15, 0.2) is 18.2 Å². The van der Waals surface area contributed by atoms with Gasteiger partial charge in [0.05, 0.1) is 17.7 Å². The van der Waals surface area contributed by atoms with Gasteiger partial charge in [0.15, 0.2) is 0 Å². The number of ether oxygens (including phenoxy) is 1. The molecule has 1 rings (SSSR count). The van der Waals surface area contributed by atoms with Crippen LogP contribution in [0.25, 0.3) is 0 Å². The van der Waals surface area contributed by atoms with Gasteiger partial charge in [-0.25, -0.2) is 4.39 Å². The fourth-order valence-corrected chi connectivity index (χ4v) is 1.55. The molecule has 0 radical (unpaired) electrons. The number of carbonyl (C=O) groups excluding carboxylic acids is 1. The molecule has 4 nitrogen and oxygen atoms in total. The molecule has 3 N–H and O–H groups in total. The van der Waals surface area contributed by atoms with Crippen molar-refractivity contribution >= 4 is 11.6 Å². The van der Waals surface area contributed by atoms with Crippen LogP contribution in [0, 0.1) is 11.2 Å². The molecule has 0 aliphatic carbocycles. The maximum Gasteiger partial charge on any atom is 0.231 e. The Morgan fingerprint density at radius 1 is 1.47 bits per heavy atom. The lowest BCUT2D eigenvalue weighted by Crippen LogP contribution is -2.39. The van der Waals surface area contributed by atoms with E-state index in [0.717, 1.165) is 0 Å². The van der Waals surface area contributed by atoms with Crippen LogP contribution in [0.5, 0.6) is 5.75 Å². The van der Waals surface area contributed by atoms with Crippen molar-refractivity contribution in [2.75, 3.05) is 18.5 Å². The Labute approximate surface area is 113 Å². The van der Waals surface area contributed by atoms with Gasteiger partial charge >= 0.3 is 0 Å². The van der Waals surface area contributed by atoms with Crippen LogP contribution >= 0.6 is 0 Å². The Bertz CT molecular complexity index is 445. The maximum atomic E-state index is 13.2. The minimum absolute atomic E-state index is 0.190. The highest BCUT2D eigenvalue weighted by atomic mass is 19.1. The van der Waals surface area contributed by atoms with E-state index >= 15 is 0 Å². The predicted octanol–water partition coefficient (Wildman–Crippen LogP) is 2.54. The largest absolute Gasteiger partial charge is 0.492 e. The summed E-state index contributed by atoms with van der Waals surface area (Å²) in [5.41, 5.74) is 5.46. The van der Waals surface area contributed by atoms with Gasteiger partial charge in [-0.05, 0) is 32.4 Å². The topological polar surface area (TPSA) is 64.3 Å². The first kappa shape index (κ1) is 15.4. The highest BCUT2D eigenvalue weighted by molar-refractivity contribution is 5.96. The maximum absolute atomic E-state index is 13.2. The number of carbonyl (C=O) groups is 1. The zero-order valence-corrected chi connectivity index (χ0v) is 11.6. The lowest BCUT2D eigenvalue weighted by Gasteiger charge is -2.25. The van der Waals surface area contributed by atoms with Crippen molar-refractivity contribution in [1.29, 1.82) is 0 Å². The van der Waals surface area contributed by atoms with E-state index in [4.69, 9.17) is 10.5 Å². The van der Waals surface area contributed by atoms with Crippen LogP contribution < -0.4 is 15.8 Å². The lowest BCUT2D eigenvalue weighted by molar-refractivity contribution is -0.124. The van der Waals surface area contributed by atoms with Crippen LogP contribution in [0.1, 0.15) is 27.2 Å². The minimum Gasteiger partial charge on any atom is -0.492 e. The van der Waals surface area contributed by atoms with Gasteiger partial charge in [-0.2, -0.15) is 0 Å². The molecule has 0 heterocycles. The molecule has 1 aromatic carbocycles. The quantitative estimate of drug-likeness (QED) is 0.833. The van der Waals surface area contributed by atoms with E-state index in [-0.39, 0.29) is 12.5 Å². The molecule has 0 saturated heterocycles. The number of anilines is 1. The summed E-state index contributed by atoms with van der Waals surface area (Å²) >= 11 is 0. The van der Waals surface area contributed by atoms with E-state index in [9.17, 15) is 9.18 Å². The van der Waals surface area contributed by atoms with Crippen molar-refractivity contribution < 1.29 is 13.9 Å². The summed E-state index contributed by atoms with van der Waals surface area (Å²) in [5, 5.41) is 2.75. The summed E-state index contributed by atoms with van der Waals surface area (Å²) in [4.78, 5) is 12.2. The van der Waals surface area contributed by atoms with E-state index in [1.807, 2.05) is 6.92 Å². The molecule has 5 heteroatoms. The number of rotatable bonds is 6. The zero-order valence-electron chi connectivity index (χ0n) is 11.6. The SMILES string of the molecule is CCOc1cc(F)ccc1NC(=O)C(C)(CC)CN. The van der Waals surface area contributed by atoms with E-state index < -0.39 is 11.2 Å². The Morgan fingerprint density at radius 2 is 2.16 bits per heavy atom. The highest BCUT2D eigenvalue weighted by Gasteiger charge is 2.30. The van der Waals surface area contributed by atoms with Gasteiger partial charge in [-0.3, -0.25) is 4.79 Å². The molecular formula is C14H21FN2O2. The second kappa shape index (κ2) is 6.52. The predicted molar refractivity (Wildman–Crippen MR) is 73.7 cm³/mol. The van der Waals surface area contributed by atoms with Crippen LogP contribution in [0.2, 0.25) is 0 Å². The third-order valence-corrected chi connectivity index (χ3v) is 3.27. The molecular weight excluding hydrogens is 247 g/mol. The Morgan fingerprint density at radius 3 is 2.68 bits per heavy atom. The number of nitrogens with one attached hydrogen (secondary N) is 1. The van der Waals surface area contributed by atoms with E-state index in [0.29, 0.717) is 24.5 Å². The monoisotopic (exact) mass is 268 g/mol. The molecule has 1 amide bonds. The van der Waals surface area contributed by atoms with Crippen molar-refractivity contribution in [3.8, 4) is 5.75 Å². The highest BCUT2D eigenvalue weighted by Crippen LogP contribution is 2.28. The van der Waals surface area contributed by atoms with Gasteiger partial charge < -0.3 is 15.8 Å². The van der Waals surface area contributed by atoms with Crippen molar-refractivity contribution in [3.05, 3.63) is 24.0 Å². The fraction of sp³-hybridized carbons (Fsp3) is 0.500. The Hall–Kier alpha value is -1.62. The van der Waals surface area contributed by atoms with E-state index in [1.54, 1.807) is 13.8 Å². The normalized spacial score (nSPS) is 13.7. The lowest BCUT2D eigenvalue weighted by atomic mass is 9.86. The van der Waals surface area contributed by atoms with Crippen LogP contribution in [-0.4, -0.2) is 19.1 Å². The van der Waals surface area contributed by atoms with Gasteiger partial charge in [0.25, 0.3) is 0 Å². The van der Waals surface area contributed by atoms with E-state index in [1.165, 1.54) is 18.2 Å². The summed E-state index contributed by atoms with van der Waals surface area (Å²) in [6.07, 6.45) is 0.625. The molecule has 0 fully saturated rings.